The van der Waals surface area contributed by atoms with Gasteiger partial charge >= 0.3 is 0 Å². The quantitative estimate of drug-likeness (QED) is 0.471. The summed E-state index contributed by atoms with van der Waals surface area (Å²) in [5.41, 5.74) is 5.28. The van der Waals surface area contributed by atoms with E-state index in [0.29, 0.717) is 5.95 Å². The van der Waals surface area contributed by atoms with Gasteiger partial charge in [0.25, 0.3) is 0 Å². The van der Waals surface area contributed by atoms with Crippen molar-refractivity contribution in [1.29, 1.82) is 0 Å². The molecule has 0 saturated heterocycles. The largest absolute Gasteiger partial charge is 0.321 e. The van der Waals surface area contributed by atoms with Crippen LogP contribution in [0.2, 0.25) is 0 Å². The standard InChI is InChI=1S/C21H22N10/c1-13(2)19-16(12-30(4)28-19)20-27-26-18-9-14(6-8-31(18)20)17-5-7-22-21(25-17)24-15-10-23-29(3)11-15/h5-13H,1-4H3,(H,22,24,25). The number of hydrogen-bond donors (Lipinski definition) is 1. The topological polar surface area (TPSA) is 104 Å². The fraction of sp³-hybridized carbons (Fsp3) is 0.238. The maximum atomic E-state index is 4.63. The highest BCUT2D eigenvalue weighted by Crippen LogP contribution is 2.28. The van der Waals surface area contributed by atoms with Crippen LogP contribution in [0.4, 0.5) is 11.6 Å². The molecule has 0 radical (unpaired) electrons. The van der Waals surface area contributed by atoms with Gasteiger partial charge in [-0.15, -0.1) is 10.2 Å². The molecule has 0 fully saturated rings. The lowest BCUT2D eigenvalue weighted by Crippen LogP contribution is -1.98. The molecule has 31 heavy (non-hydrogen) atoms. The van der Waals surface area contributed by atoms with Gasteiger partial charge in [0.15, 0.2) is 11.5 Å². The average molecular weight is 414 g/mol. The van der Waals surface area contributed by atoms with Gasteiger partial charge in [0.2, 0.25) is 5.95 Å². The normalized spacial score (nSPS) is 11.5. The predicted octanol–water partition coefficient (Wildman–Crippen LogP) is 3.19. The van der Waals surface area contributed by atoms with Crippen LogP contribution in [0.25, 0.3) is 28.3 Å². The van der Waals surface area contributed by atoms with Crippen molar-refractivity contribution >= 4 is 17.3 Å². The van der Waals surface area contributed by atoms with Crippen LogP contribution in [0.5, 0.6) is 0 Å². The summed E-state index contributed by atoms with van der Waals surface area (Å²) in [6, 6.07) is 5.84. The lowest BCUT2D eigenvalue weighted by atomic mass is 10.1. The molecule has 0 aliphatic carbocycles. The summed E-state index contributed by atoms with van der Waals surface area (Å²) in [6.45, 7) is 4.25. The zero-order valence-corrected chi connectivity index (χ0v) is 17.7. The summed E-state index contributed by atoms with van der Waals surface area (Å²) in [5.74, 6) is 1.57. The van der Waals surface area contributed by atoms with Crippen LogP contribution in [-0.2, 0) is 14.1 Å². The van der Waals surface area contributed by atoms with Crippen molar-refractivity contribution < 1.29 is 0 Å². The van der Waals surface area contributed by atoms with Gasteiger partial charge < -0.3 is 5.32 Å². The molecule has 0 amide bonds. The number of aryl methyl sites for hydroxylation is 2. The third-order valence-electron chi connectivity index (χ3n) is 4.97. The number of aromatic nitrogens is 9. The highest BCUT2D eigenvalue weighted by atomic mass is 15.3. The number of hydrogen-bond acceptors (Lipinski definition) is 7. The molecule has 5 heterocycles. The van der Waals surface area contributed by atoms with Gasteiger partial charge in [-0.3, -0.25) is 13.8 Å². The zero-order valence-electron chi connectivity index (χ0n) is 17.7. The Bertz CT molecular complexity index is 1370. The lowest BCUT2D eigenvalue weighted by Gasteiger charge is -2.06. The first-order chi connectivity index (χ1) is 15.0. The first-order valence-electron chi connectivity index (χ1n) is 9.96. The van der Waals surface area contributed by atoms with Crippen LogP contribution in [0.15, 0.2) is 49.2 Å². The Kier molecular flexibility index (Phi) is 4.46. The first kappa shape index (κ1) is 18.9. The van der Waals surface area contributed by atoms with E-state index in [1.165, 1.54) is 0 Å². The van der Waals surface area contributed by atoms with E-state index < -0.39 is 0 Å². The van der Waals surface area contributed by atoms with Crippen molar-refractivity contribution in [2.75, 3.05) is 5.32 Å². The third kappa shape index (κ3) is 3.52. The Morgan fingerprint density at radius 2 is 1.90 bits per heavy atom. The molecule has 0 spiro atoms. The molecule has 0 saturated carbocycles. The maximum Gasteiger partial charge on any atom is 0.227 e. The molecule has 0 unspecified atom stereocenters. The minimum absolute atomic E-state index is 0.287. The second-order valence-electron chi connectivity index (χ2n) is 7.72. The SMILES string of the molecule is CC(C)c1nn(C)cc1-c1nnc2cc(-c3ccnc(Nc4cnn(C)c4)n3)ccn12. The van der Waals surface area contributed by atoms with Crippen LogP contribution < -0.4 is 5.32 Å². The van der Waals surface area contributed by atoms with Crippen LogP contribution in [-0.4, -0.2) is 44.1 Å². The van der Waals surface area contributed by atoms with Crippen LogP contribution >= 0.6 is 0 Å². The molecule has 5 aromatic heterocycles. The van der Waals surface area contributed by atoms with Crippen molar-refractivity contribution in [3.63, 3.8) is 0 Å². The molecule has 10 nitrogen and oxygen atoms in total. The number of anilines is 2. The van der Waals surface area contributed by atoms with Crippen molar-refractivity contribution in [3.05, 3.63) is 54.9 Å². The van der Waals surface area contributed by atoms with Crippen LogP contribution in [0.3, 0.4) is 0 Å². The van der Waals surface area contributed by atoms with Gasteiger partial charge in [0.05, 0.1) is 28.8 Å². The van der Waals surface area contributed by atoms with Gasteiger partial charge in [-0.25, -0.2) is 9.97 Å². The monoisotopic (exact) mass is 414 g/mol. The molecule has 0 bridgehead atoms. The Morgan fingerprint density at radius 3 is 2.68 bits per heavy atom. The van der Waals surface area contributed by atoms with Crippen molar-refractivity contribution in [2.24, 2.45) is 14.1 Å². The summed E-state index contributed by atoms with van der Waals surface area (Å²) in [4.78, 5) is 8.93. The van der Waals surface area contributed by atoms with E-state index in [1.807, 2.05) is 60.0 Å². The van der Waals surface area contributed by atoms with E-state index in [4.69, 9.17) is 0 Å². The predicted molar refractivity (Wildman–Crippen MR) is 117 cm³/mol. The second-order valence-corrected chi connectivity index (χ2v) is 7.72. The molecule has 5 rings (SSSR count). The highest BCUT2D eigenvalue weighted by molar-refractivity contribution is 5.68. The van der Waals surface area contributed by atoms with Gasteiger partial charge in [0.1, 0.15) is 0 Å². The smallest absolute Gasteiger partial charge is 0.227 e. The molecule has 5 aromatic rings. The maximum absolute atomic E-state index is 4.63. The summed E-state index contributed by atoms with van der Waals surface area (Å²) in [7, 11) is 3.78. The van der Waals surface area contributed by atoms with Gasteiger partial charge in [0, 0.05) is 44.4 Å². The van der Waals surface area contributed by atoms with E-state index in [-0.39, 0.29) is 5.92 Å². The molecule has 0 aliphatic heterocycles. The Morgan fingerprint density at radius 1 is 1.03 bits per heavy atom. The highest BCUT2D eigenvalue weighted by Gasteiger charge is 2.18. The van der Waals surface area contributed by atoms with Crippen LogP contribution in [0.1, 0.15) is 25.5 Å². The second kappa shape index (κ2) is 7.31. The zero-order chi connectivity index (χ0) is 21.5. The van der Waals surface area contributed by atoms with Crippen molar-refractivity contribution in [2.45, 2.75) is 19.8 Å². The molecule has 10 heteroatoms. The van der Waals surface area contributed by atoms with E-state index >= 15 is 0 Å². The van der Waals surface area contributed by atoms with Gasteiger partial charge in [-0.05, 0) is 24.1 Å². The first-order valence-corrected chi connectivity index (χ1v) is 9.96. The van der Waals surface area contributed by atoms with Gasteiger partial charge in [-0.2, -0.15) is 10.2 Å². The Hall–Kier alpha value is -4.08. The molecule has 0 aliphatic rings. The van der Waals surface area contributed by atoms with E-state index in [9.17, 15) is 0 Å². The number of nitrogens with one attached hydrogen (secondary N) is 1. The number of pyridine rings is 1. The third-order valence-corrected chi connectivity index (χ3v) is 4.97. The van der Waals surface area contributed by atoms with Gasteiger partial charge in [-0.1, -0.05) is 13.8 Å². The fourth-order valence-corrected chi connectivity index (χ4v) is 3.53. The van der Waals surface area contributed by atoms with Crippen molar-refractivity contribution in [1.82, 2.24) is 44.1 Å². The summed E-state index contributed by atoms with van der Waals surface area (Å²) in [5, 5.41) is 20.7. The molecule has 0 atom stereocenters. The fourth-order valence-electron chi connectivity index (χ4n) is 3.53. The molecule has 156 valence electrons. The molecular weight excluding hydrogens is 392 g/mol. The van der Waals surface area contributed by atoms with E-state index in [2.05, 4.69) is 49.5 Å². The Balaban J connectivity index is 1.50. The minimum Gasteiger partial charge on any atom is -0.321 e. The number of fused-ring (bicyclic) bond motifs is 1. The van der Waals surface area contributed by atoms with Crippen LogP contribution in [0, 0.1) is 0 Å². The van der Waals surface area contributed by atoms with E-state index in [0.717, 1.165) is 39.7 Å². The number of rotatable bonds is 5. The summed E-state index contributed by atoms with van der Waals surface area (Å²) < 4.78 is 5.51. The minimum atomic E-state index is 0.287. The molecule has 1 N–H and O–H groups in total. The average Bonchev–Trinajstić information content (AvgIpc) is 3.45. The summed E-state index contributed by atoms with van der Waals surface area (Å²) in [6.07, 6.45) is 9.27. The lowest BCUT2D eigenvalue weighted by molar-refractivity contribution is 0.713. The molecule has 0 aromatic carbocycles. The van der Waals surface area contributed by atoms with E-state index in [1.54, 1.807) is 17.1 Å². The Labute approximate surface area is 178 Å². The summed E-state index contributed by atoms with van der Waals surface area (Å²) >= 11 is 0. The molecular formula is C21H22N10. The number of nitrogens with zero attached hydrogens (tertiary/aromatic N) is 9. The van der Waals surface area contributed by atoms with Crippen molar-refractivity contribution in [3.8, 4) is 22.6 Å².